The number of hydrogen-bond acceptors (Lipinski definition) is 4. The van der Waals surface area contributed by atoms with Crippen molar-refractivity contribution in [1.29, 1.82) is 0 Å². The Labute approximate surface area is 141 Å². The first kappa shape index (κ1) is 15.1. The van der Waals surface area contributed by atoms with Crippen molar-refractivity contribution in [2.45, 2.75) is 0 Å². The lowest BCUT2D eigenvalue weighted by atomic mass is 9.91. The van der Waals surface area contributed by atoms with E-state index in [2.05, 4.69) is 21.9 Å². The van der Waals surface area contributed by atoms with Gasteiger partial charge in [0.05, 0.1) is 18.5 Å². The van der Waals surface area contributed by atoms with Gasteiger partial charge in [0.25, 0.3) is 0 Å². The molecular weight excluding hydrogens is 302 g/mol. The fraction of sp³-hybridized carbons (Fsp3) is 0.368. The van der Waals surface area contributed by atoms with Gasteiger partial charge in [0.15, 0.2) is 0 Å². The van der Waals surface area contributed by atoms with Gasteiger partial charge in [-0.25, -0.2) is 0 Å². The molecule has 2 heterocycles. The molecule has 1 aliphatic carbocycles. The second-order valence-corrected chi connectivity index (χ2v) is 6.51. The summed E-state index contributed by atoms with van der Waals surface area (Å²) >= 11 is 0. The minimum Gasteiger partial charge on any atom is -0.369 e. The third-order valence-corrected chi connectivity index (χ3v) is 5.07. The Morgan fingerprint density at radius 2 is 1.42 bits per heavy atom. The van der Waals surface area contributed by atoms with Crippen LogP contribution in [0.15, 0.2) is 54.6 Å². The molecule has 5 heteroatoms. The number of hydrogen-bond donors (Lipinski definition) is 0. The number of allylic oxidation sites excluding steroid dienone is 2. The molecule has 1 aromatic carbocycles. The third kappa shape index (κ3) is 2.65. The van der Waals surface area contributed by atoms with Gasteiger partial charge in [-0.15, -0.1) is 0 Å². The van der Waals surface area contributed by atoms with Gasteiger partial charge in [0.2, 0.25) is 11.8 Å². The zero-order valence-electron chi connectivity index (χ0n) is 13.5. The highest BCUT2D eigenvalue weighted by molar-refractivity contribution is 6.07. The van der Waals surface area contributed by atoms with Crippen LogP contribution in [0.4, 0.5) is 5.69 Å². The highest BCUT2D eigenvalue weighted by Crippen LogP contribution is 2.31. The molecule has 124 valence electrons. The molecule has 2 saturated heterocycles. The van der Waals surface area contributed by atoms with E-state index in [0.717, 1.165) is 26.2 Å². The third-order valence-electron chi connectivity index (χ3n) is 5.07. The van der Waals surface area contributed by atoms with Crippen molar-refractivity contribution in [3.8, 4) is 0 Å². The number of anilines is 1. The van der Waals surface area contributed by atoms with Crippen LogP contribution in [-0.4, -0.2) is 54.5 Å². The maximum atomic E-state index is 12.5. The summed E-state index contributed by atoms with van der Waals surface area (Å²) in [4.78, 5) is 31.0. The number of nitrogens with zero attached hydrogens (tertiary/aromatic N) is 3. The van der Waals surface area contributed by atoms with Crippen LogP contribution in [0, 0.1) is 11.8 Å². The molecule has 1 aromatic rings. The molecule has 0 aromatic heterocycles. The average Bonchev–Trinajstić information content (AvgIpc) is 2.88. The summed E-state index contributed by atoms with van der Waals surface area (Å²) in [6, 6.07) is 10.4. The summed E-state index contributed by atoms with van der Waals surface area (Å²) in [5.74, 6) is -0.714. The monoisotopic (exact) mass is 323 g/mol. The van der Waals surface area contributed by atoms with Crippen LogP contribution < -0.4 is 4.90 Å². The number of amides is 2. The zero-order valence-corrected chi connectivity index (χ0v) is 13.5. The van der Waals surface area contributed by atoms with Gasteiger partial charge in [0, 0.05) is 31.9 Å². The van der Waals surface area contributed by atoms with Crippen LogP contribution in [0.25, 0.3) is 0 Å². The molecule has 0 bridgehead atoms. The molecule has 4 rings (SSSR count). The Balaban J connectivity index is 1.37. The fourth-order valence-corrected chi connectivity index (χ4v) is 3.67. The van der Waals surface area contributed by atoms with E-state index in [-0.39, 0.29) is 23.7 Å². The molecule has 2 fully saturated rings. The Kier molecular flexibility index (Phi) is 3.94. The summed E-state index contributed by atoms with van der Waals surface area (Å²) in [6.07, 6.45) is 7.40. The first-order valence-corrected chi connectivity index (χ1v) is 8.46. The van der Waals surface area contributed by atoms with E-state index in [1.165, 1.54) is 10.6 Å². The lowest BCUT2D eigenvalue weighted by molar-refractivity contribution is -0.142. The second-order valence-electron chi connectivity index (χ2n) is 6.51. The van der Waals surface area contributed by atoms with E-state index in [4.69, 9.17) is 0 Å². The second kappa shape index (κ2) is 6.24. The topological polar surface area (TPSA) is 43.9 Å². The number of rotatable bonds is 3. The number of imide groups is 1. The summed E-state index contributed by atoms with van der Waals surface area (Å²) < 4.78 is 0. The largest absolute Gasteiger partial charge is 0.369 e. The quantitative estimate of drug-likeness (QED) is 0.791. The van der Waals surface area contributed by atoms with Crippen LogP contribution in [0.3, 0.4) is 0 Å². The maximum absolute atomic E-state index is 12.5. The van der Waals surface area contributed by atoms with E-state index in [1.807, 2.05) is 42.5 Å². The molecule has 2 atom stereocenters. The first-order valence-electron chi connectivity index (χ1n) is 8.46. The lowest BCUT2D eigenvalue weighted by Gasteiger charge is -2.37. The number of para-hydroxylation sites is 1. The van der Waals surface area contributed by atoms with Gasteiger partial charge < -0.3 is 4.90 Å². The van der Waals surface area contributed by atoms with Gasteiger partial charge in [-0.1, -0.05) is 42.5 Å². The molecule has 2 amide bonds. The molecule has 5 nitrogen and oxygen atoms in total. The van der Waals surface area contributed by atoms with Crippen LogP contribution in [0.5, 0.6) is 0 Å². The minimum atomic E-state index is -0.298. The molecule has 0 unspecified atom stereocenters. The van der Waals surface area contributed by atoms with E-state index < -0.39 is 0 Å². The molecule has 0 radical (unpaired) electrons. The van der Waals surface area contributed by atoms with E-state index >= 15 is 0 Å². The van der Waals surface area contributed by atoms with Crippen LogP contribution >= 0.6 is 0 Å². The molecule has 2 aliphatic heterocycles. The van der Waals surface area contributed by atoms with Gasteiger partial charge in [-0.2, -0.15) is 0 Å². The highest BCUT2D eigenvalue weighted by Gasteiger charge is 2.46. The predicted molar refractivity (Wildman–Crippen MR) is 92.2 cm³/mol. The van der Waals surface area contributed by atoms with Gasteiger partial charge >= 0.3 is 0 Å². The number of carbonyl (C=O) groups is 2. The fourth-order valence-electron chi connectivity index (χ4n) is 3.67. The molecule has 0 spiro atoms. The zero-order chi connectivity index (χ0) is 16.5. The summed E-state index contributed by atoms with van der Waals surface area (Å²) in [6.45, 7) is 3.94. The number of benzene rings is 1. The van der Waals surface area contributed by atoms with E-state index in [1.54, 1.807) is 0 Å². The highest BCUT2D eigenvalue weighted by atomic mass is 16.2. The predicted octanol–water partition coefficient (Wildman–Crippen LogP) is 1.49. The maximum Gasteiger partial charge on any atom is 0.238 e. The lowest BCUT2D eigenvalue weighted by Crippen LogP contribution is -2.51. The van der Waals surface area contributed by atoms with E-state index in [0.29, 0.717) is 6.67 Å². The average molecular weight is 323 g/mol. The van der Waals surface area contributed by atoms with Crippen molar-refractivity contribution in [2.75, 3.05) is 37.7 Å². The molecular formula is C19H21N3O2. The Morgan fingerprint density at radius 3 is 2.00 bits per heavy atom. The molecule has 3 aliphatic rings. The minimum absolute atomic E-state index is 0.0592. The standard InChI is InChI=1S/C19H21N3O2/c23-18-16-8-4-5-9-17(16)19(24)22(18)14-20-10-12-21(13-11-20)15-6-2-1-3-7-15/h1-9,16-17H,10-14H2/t16-,17+. The summed E-state index contributed by atoms with van der Waals surface area (Å²) in [7, 11) is 0. The van der Waals surface area contributed by atoms with Crippen molar-refractivity contribution in [2.24, 2.45) is 11.8 Å². The van der Waals surface area contributed by atoms with Gasteiger partial charge in [-0.3, -0.25) is 19.4 Å². The van der Waals surface area contributed by atoms with Crippen molar-refractivity contribution < 1.29 is 9.59 Å². The Morgan fingerprint density at radius 1 is 0.833 bits per heavy atom. The SMILES string of the molecule is O=C1[C@H]2C=CC=C[C@H]2C(=O)N1CN1CCN(c2ccccc2)CC1. The Hall–Kier alpha value is -2.40. The summed E-state index contributed by atoms with van der Waals surface area (Å²) in [5, 5.41) is 0. The smallest absolute Gasteiger partial charge is 0.238 e. The van der Waals surface area contributed by atoms with E-state index in [9.17, 15) is 9.59 Å². The van der Waals surface area contributed by atoms with Crippen LogP contribution in [0.1, 0.15) is 0 Å². The van der Waals surface area contributed by atoms with Crippen molar-refractivity contribution in [3.05, 3.63) is 54.6 Å². The summed E-state index contributed by atoms with van der Waals surface area (Å²) in [5.41, 5.74) is 1.23. The van der Waals surface area contributed by atoms with Crippen LogP contribution in [0.2, 0.25) is 0 Å². The normalized spacial score (nSPS) is 27.0. The van der Waals surface area contributed by atoms with Gasteiger partial charge in [0.1, 0.15) is 0 Å². The number of fused-ring (bicyclic) bond motifs is 1. The van der Waals surface area contributed by atoms with Gasteiger partial charge in [-0.05, 0) is 12.1 Å². The number of likely N-dealkylation sites (tertiary alicyclic amines) is 1. The van der Waals surface area contributed by atoms with Crippen LogP contribution in [-0.2, 0) is 9.59 Å². The molecule has 0 N–H and O–H groups in total. The van der Waals surface area contributed by atoms with Crippen molar-refractivity contribution >= 4 is 17.5 Å². The van der Waals surface area contributed by atoms with Crippen molar-refractivity contribution in [3.63, 3.8) is 0 Å². The number of piperazine rings is 1. The first-order chi connectivity index (χ1) is 11.7. The molecule has 24 heavy (non-hydrogen) atoms. The molecule has 0 saturated carbocycles. The van der Waals surface area contributed by atoms with Crippen molar-refractivity contribution in [1.82, 2.24) is 9.80 Å². The Bertz CT molecular complexity index is 660. The number of carbonyl (C=O) groups excluding carboxylic acids is 2.